The number of carbonyl (C=O) groups is 2. The lowest BCUT2D eigenvalue weighted by Crippen LogP contribution is -2.40. The second kappa shape index (κ2) is 6.45. The molecule has 0 aromatic carbocycles. The molecule has 0 rings (SSSR count). The summed E-state index contributed by atoms with van der Waals surface area (Å²) in [5, 5.41) is -5.07. The Bertz CT molecular complexity index is 532. The highest BCUT2D eigenvalue weighted by Crippen LogP contribution is 2.38. The lowest BCUT2D eigenvalue weighted by Gasteiger charge is -2.36. The van der Waals surface area contributed by atoms with E-state index in [1.807, 2.05) is 0 Å². The molecule has 22 heavy (non-hydrogen) atoms. The summed E-state index contributed by atoms with van der Waals surface area (Å²) < 4.78 is 63.2. The van der Waals surface area contributed by atoms with Crippen molar-refractivity contribution in [2.45, 2.75) is 39.9 Å². The minimum absolute atomic E-state index is 0.432. The Hall–Kier alpha value is -1.29. The molecule has 0 saturated carbocycles. The molecule has 1 N–H and O–H groups in total. The van der Waals surface area contributed by atoms with Gasteiger partial charge in [0.2, 0.25) is 0 Å². The molecule has 0 amide bonds. The molecule has 0 unspecified atom stereocenters. The van der Waals surface area contributed by atoms with Crippen LogP contribution < -0.4 is 0 Å². The first-order valence-corrected chi connectivity index (χ1v) is 7.68. The maximum atomic E-state index is 12.8. The molecule has 0 atom stereocenters. The van der Waals surface area contributed by atoms with Crippen molar-refractivity contribution in [2.24, 2.45) is 10.8 Å². The molecule has 0 heterocycles. The van der Waals surface area contributed by atoms with E-state index in [-0.39, 0.29) is 0 Å². The van der Waals surface area contributed by atoms with Crippen LogP contribution in [0.1, 0.15) is 34.6 Å². The summed E-state index contributed by atoms with van der Waals surface area (Å²) >= 11 is 0. The molecule has 0 aromatic heterocycles. The fourth-order valence-corrected chi connectivity index (χ4v) is 1.21. The van der Waals surface area contributed by atoms with Crippen LogP contribution in [0.2, 0.25) is 0 Å². The van der Waals surface area contributed by atoms with Gasteiger partial charge in [-0.2, -0.15) is 17.2 Å². The van der Waals surface area contributed by atoms with Crippen LogP contribution in [-0.2, 0) is 29.2 Å². The molecule has 0 spiro atoms. The van der Waals surface area contributed by atoms with Gasteiger partial charge in [0.25, 0.3) is 0 Å². The maximum absolute atomic E-state index is 12.8. The van der Waals surface area contributed by atoms with Gasteiger partial charge in [-0.05, 0) is 19.3 Å². The van der Waals surface area contributed by atoms with Crippen molar-refractivity contribution in [1.82, 2.24) is 0 Å². The van der Waals surface area contributed by atoms with E-state index < -0.39 is 51.4 Å². The van der Waals surface area contributed by atoms with Crippen LogP contribution in [0, 0.1) is 10.8 Å². The molecule has 10 heteroatoms. The Kier molecular flexibility index (Phi) is 6.07. The molecule has 0 radical (unpaired) electrons. The normalized spacial score (nSPS) is 13.6. The molecule has 130 valence electrons. The molecule has 0 aromatic rings. The number of hydrogen-bond donors (Lipinski definition) is 1. The van der Waals surface area contributed by atoms with Crippen molar-refractivity contribution < 1.29 is 40.8 Å². The summed E-state index contributed by atoms with van der Waals surface area (Å²) in [4.78, 5) is 22.7. The molecular formula is C12H20F2O7S. The Morgan fingerprint density at radius 3 is 1.64 bits per heavy atom. The van der Waals surface area contributed by atoms with Crippen molar-refractivity contribution in [1.29, 1.82) is 0 Å². The van der Waals surface area contributed by atoms with Crippen LogP contribution in [0.5, 0.6) is 0 Å². The smallest absolute Gasteiger partial charge is 0.462 e. The number of ether oxygens (including phenoxy) is 2. The van der Waals surface area contributed by atoms with Crippen LogP contribution in [0.25, 0.3) is 0 Å². The average Bonchev–Trinajstić information content (AvgIpc) is 2.30. The summed E-state index contributed by atoms with van der Waals surface area (Å²) in [5.74, 6) is -3.07. The Morgan fingerprint density at radius 2 is 1.32 bits per heavy atom. The maximum Gasteiger partial charge on any atom is 0.465 e. The minimum atomic E-state index is -5.91. The second-order valence-electron chi connectivity index (χ2n) is 6.14. The van der Waals surface area contributed by atoms with Crippen LogP contribution in [0.15, 0.2) is 0 Å². The van der Waals surface area contributed by atoms with Crippen LogP contribution >= 0.6 is 0 Å². The summed E-state index contributed by atoms with van der Waals surface area (Å²) in [6.45, 7) is 7.39. The molecule has 0 aliphatic rings. The van der Waals surface area contributed by atoms with Gasteiger partial charge in [-0.1, -0.05) is 20.8 Å². The number of carbonyl (C=O) groups excluding carboxylic acids is 2. The van der Waals surface area contributed by atoms with Gasteiger partial charge in [0.1, 0.15) is 13.2 Å². The van der Waals surface area contributed by atoms with Gasteiger partial charge in [0, 0.05) is 0 Å². The molecule has 0 aliphatic heterocycles. The van der Waals surface area contributed by atoms with Crippen molar-refractivity contribution in [3.05, 3.63) is 0 Å². The number of alkyl halides is 2. The Morgan fingerprint density at radius 1 is 0.955 bits per heavy atom. The Balaban J connectivity index is 4.48. The van der Waals surface area contributed by atoms with Gasteiger partial charge in [0.15, 0.2) is 0 Å². The first kappa shape index (κ1) is 20.7. The third-order valence-electron chi connectivity index (χ3n) is 3.50. The van der Waals surface area contributed by atoms with Gasteiger partial charge in [-0.3, -0.25) is 9.35 Å². The van der Waals surface area contributed by atoms with Crippen LogP contribution in [0.4, 0.5) is 8.78 Å². The van der Waals surface area contributed by atoms with E-state index in [0.717, 1.165) is 0 Å². The number of rotatable bonds is 6. The molecular weight excluding hydrogens is 326 g/mol. The van der Waals surface area contributed by atoms with Crippen molar-refractivity contribution in [3.63, 3.8) is 0 Å². The first-order chi connectivity index (χ1) is 9.55. The highest BCUT2D eigenvalue weighted by molar-refractivity contribution is 7.87. The van der Waals surface area contributed by atoms with E-state index in [9.17, 15) is 26.8 Å². The topological polar surface area (TPSA) is 107 Å². The highest BCUT2D eigenvalue weighted by atomic mass is 32.2. The van der Waals surface area contributed by atoms with E-state index in [4.69, 9.17) is 9.29 Å². The van der Waals surface area contributed by atoms with Crippen LogP contribution in [-0.4, -0.2) is 43.4 Å². The zero-order valence-electron chi connectivity index (χ0n) is 13.0. The van der Waals surface area contributed by atoms with E-state index >= 15 is 0 Å². The molecule has 0 bridgehead atoms. The van der Waals surface area contributed by atoms with Crippen molar-refractivity contribution in [2.75, 3.05) is 13.2 Å². The lowest BCUT2D eigenvalue weighted by atomic mass is 9.69. The minimum Gasteiger partial charge on any atom is -0.462 e. The number of hydrogen-bond acceptors (Lipinski definition) is 6. The van der Waals surface area contributed by atoms with E-state index in [1.54, 1.807) is 34.6 Å². The summed E-state index contributed by atoms with van der Waals surface area (Å²) in [6, 6.07) is 0. The zero-order valence-corrected chi connectivity index (χ0v) is 13.8. The van der Waals surface area contributed by atoms with Crippen molar-refractivity contribution in [3.8, 4) is 0 Å². The molecule has 0 aliphatic carbocycles. The summed E-state index contributed by atoms with van der Waals surface area (Å²) in [6.07, 6.45) is 0. The second-order valence-corrected chi connectivity index (χ2v) is 7.60. The molecule has 0 saturated heterocycles. The molecule has 0 fully saturated rings. The van der Waals surface area contributed by atoms with Gasteiger partial charge >= 0.3 is 27.3 Å². The number of esters is 2. The SMILES string of the molecule is CC(C)(C)C(C)(C)C(=O)OCCOC(=O)C(F)(F)S(=O)(=O)O. The summed E-state index contributed by atoms with van der Waals surface area (Å²) in [7, 11) is -5.91. The predicted molar refractivity (Wildman–Crippen MR) is 71.6 cm³/mol. The average molecular weight is 346 g/mol. The summed E-state index contributed by atoms with van der Waals surface area (Å²) in [5.41, 5.74) is -1.31. The third kappa shape index (κ3) is 4.60. The zero-order chi connectivity index (χ0) is 18.0. The monoisotopic (exact) mass is 346 g/mol. The number of halogens is 2. The van der Waals surface area contributed by atoms with Gasteiger partial charge in [0.05, 0.1) is 5.41 Å². The van der Waals surface area contributed by atoms with E-state index in [2.05, 4.69) is 4.74 Å². The fraction of sp³-hybridized carbons (Fsp3) is 0.833. The van der Waals surface area contributed by atoms with Crippen LogP contribution in [0.3, 0.4) is 0 Å². The fourth-order valence-electron chi connectivity index (χ4n) is 0.945. The van der Waals surface area contributed by atoms with Gasteiger partial charge in [-0.15, -0.1) is 0 Å². The first-order valence-electron chi connectivity index (χ1n) is 6.24. The van der Waals surface area contributed by atoms with E-state index in [1.165, 1.54) is 0 Å². The Labute approximate surface area is 127 Å². The van der Waals surface area contributed by atoms with Gasteiger partial charge < -0.3 is 9.47 Å². The highest BCUT2D eigenvalue weighted by Gasteiger charge is 2.54. The predicted octanol–water partition coefficient (Wildman–Crippen LogP) is 1.63. The lowest BCUT2D eigenvalue weighted by molar-refractivity contribution is -0.169. The van der Waals surface area contributed by atoms with Crippen molar-refractivity contribution >= 4 is 22.1 Å². The quantitative estimate of drug-likeness (QED) is 0.442. The standard InChI is InChI=1S/C12H20F2O7S/c1-10(2,3)11(4,5)8(15)20-6-7-21-9(16)12(13,14)22(17,18)19/h6-7H2,1-5H3,(H,17,18,19). The van der Waals surface area contributed by atoms with E-state index in [0.29, 0.717) is 0 Å². The van der Waals surface area contributed by atoms with Gasteiger partial charge in [-0.25, -0.2) is 4.79 Å². The molecule has 7 nitrogen and oxygen atoms in total. The largest absolute Gasteiger partial charge is 0.465 e. The third-order valence-corrected chi connectivity index (χ3v) is 4.31.